The van der Waals surface area contributed by atoms with Gasteiger partial charge in [-0.25, -0.2) is 4.79 Å². The van der Waals surface area contributed by atoms with Gasteiger partial charge in [-0.05, 0) is 32.1 Å². The number of carbonyl (C=O) groups excluding carboxylic acids is 4. The van der Waals surface area contributed by atoms with Crippen LogP contribution in [0, 0.1) is 0 Å². The Balaban J connectivity index is 5.71. The second-order valence-electron chi connectivity index (χ2n) is 8.45. The fraction of sp³-hybridized carbons (Fsp3) is 0.619. The molecule has 4 atom stereocenters. The second-order valence-corrected chi connectivity index (χ2v) is 8.45. The number of rotatable bonds is 20. The Morgan fingerprint density at radius 2 is 1.10 bits per heavy atom. The first-order chi connectivity index (χ1) is 18.1. The molecule has 0 heterocycles. The minimum atomic E-state index is -1.63. The van der Waals surface area contributed by atoms with Crippen LogP contribution in [-0.4, -0.2) is 93.5 Å². The standard InChI is InChI=1S/C21H36N8O10/c22-10(3-6-14(23)30)17(35)27-11(2-1-9-26-21(24)25)18(36)28-12(4-7-15(31)32)19(37)29-13(20(38)39)5-8-16(33)34/h10-13H,1-9,22H2,(H2,23,30)(H,27,35)(H,28,36)(H,29,37)(H,31,32)(H,33,34)(H,38,39)(H4,24,25,26). The van der Waals surface area contributed by atoms with Crippen LogP contribution in [0.15, 0.2) is 4.99 Å². The summed E-state index contributed by atoms with van der Waals surface area (Å²) in [4.78, 5) is 86.3. The highest BCUT2D eigenvalue weighted by molar-refractivity contribution is 5.94. The fourth-order valence-electron chi connectivity index (χ4n) is 3.09. The quantitative estimate of drug-likeness (QED) is 0.0385. The number of carboxylic acids is 3. The van der Waals surface area contributed by atoms with Gasteiger partial charge >= 0.3 is 17.9 Å². The van der Waals surface area contributed by atoms with E-state index in [0.29, 0.717) is 0 Å². The van der Waals surface area contributed by atoms with E-state index in [4.69, 9.17) is 33.1 Å². The number of nitrogens with zero attached hydrogens (tertiary/aromatic N) is 1. The zero-order chi connectivity index (χ0) is 30.1. The van der Waals surface area contributed by atoms with Crippen LogP contribution in [0.5, 0.6) is 0 Å². The largest absolute Gasteiger partial charge is 0.481 e. The van der Waals surface area contributed by atoms with Crippen LogP contribution in [0.3, 0.4) is 0 Å². The average Bonchev–Trinajstić information content (AvgIpc) is 2.83. The summed E-state index contributed by atoms with van der Waals surface area (Å²) in [5.74, 6) is -7.89. The Bertz CT molecular complexity index is 938. The number of aliphatic carboxylic acids is 3. The van der Waals surface area contributed by atoms with E-state index in [9.17, 15) is 38.7 Å². The molecular formula is C21H36N8O10. The van der Waals surface area contributed by atoms with Gasteiger partial charge in [0.15, 0.2) is 5.96 Å². The molecule has 0 bridgehead atoms. The summed E-state index contributed by atoms with van der Waals surface area (Å²) in [5.41, 5.74) is 21.3. The Kier molecular flexibility index (Phi) is 15.8. The summed E-state index contributed by atoms with van der Waals surface area (Å²) in [7, 11) is 0. The number of primary amides is 1. The summed E-state index contributed by atoms with van der Waals surface area (Å²) < 4.78 is 0. The van der Waals surface area contributed by atoms with Gasteiger partial charge in [0, 0.05) is 25.8 Å². The van der Waals surface area contributed by atoms with Crippen molar-refractivity contribution in [1.29, 1.82) is 0 Å². The van der Waals surface area contributed by atoms with Gasteiger partial charge in [-0.1, -0.05) is 0 Å². The predicted octanol–water partition coefficient (Wildman–Crippen LogP) is -4.10. The molecule has 0 aromatic heterocycles. The van der Waals surface area contributed by atoms with Crippen molar-refractivity contribution in [2.24, 2.45) is 27.9 Å². The van der Waals surface area contributed by atoms with Crippen LogP contribution in [0.2, 0.25) is 0 Å². The minimum absolute atomic E-state index is 0.0550. The molecule has 4 unspecified atom stereocenters. The SMILES string of the molecule is NC(=O)CCC(N)C(=O)NC(CCCN=C(N)N)C(=O)NC(CCC(=O)O)C(=O)NC(CCC(=O)O)C(=O)O. The number of hydrogen-bond donors (Lipinski definition) is 10. The fourth-order valence-corrected chi connectivity index (χ4v) is 3.09. The highest BCUT2D eigenvalue weighted by atomic mass is 16.4. The summed E-state index contributed by atoms with van der Waals surface area (Å²) >= 11 is 0. The number of amides is 4. The maximum Gasteiger partial charge on any atom is 0.326 e. The van der Waals surface area contributed by atoms with Crippen molar-refractivity contribution in [2.45, 2.75) is 75.5 Å². The van der Waals surface area contributed by atoms with Gasteiger partial charge in [-0.2, -0.15) is 0 Å². The van der Waals surface area contributed by atoms with Crippen LogP contribution < -0.4 is 38.9 Å². The van der Waals surface area contributed by atoms with Crippen LogP contribution in [0.4, 0.5) is 0 Å². The number of nitrogens with two attached hydrogens (primary N) is 4. The van der Waals surface area contributed by atoms with E-state index in [1.807, 2.05) is 0 Å². The molecule has 14 N–H and O–H groups in total. The van der Waals surface area contributed by atoms with Gasteiger partial charge in [-0.3, -0.25) is 33.8 Å². The molecule has 0 saturated heterocycles. The van der Waals surface area contributed by atoms with Gasteiger partial charge in [-0.15, -0.1) is 0 Å². The van der Waals surface area contributed by atoms with E-state index in [2.05, 4.69) is 20.9 Å². The van der Waals surface area contributed by atoms with Crippen molar-refractivity contribution in [3.8, 4) is 0 Å². The number of hydrogen-bond acceptors (Lipinski definition) is 9. The van der Waals surface area contributed by atoms with E-state index in [0.717, 1.165) is 0 Å². The summed E-state index contributed by atoms with van der Waals surface area (Å²) in [6, 6.07) is -5.70. The molecule has 0 saturated carbocycles. The third-order valence-electron chi connectivity index (χ3n) is 5.16. The van der Waals surface area contributed by atoms with Crippen molar-refractivity contribution in [3.05, 3.63) is 0 Å². The molecule has 0 fully saturated rings. The van der Waals surface area contributed by atoms with E-state index in [-0.39, 0.29) is 38.2 Å². The molecule has 0 aliphatic rings. The highest BCUT2D eigenvalue weighted by Gasteiger charge is 2.30. The van der Waals surface area contributed by atoms with Crippen LogP contribution >= 0.6 is 0 Å². The van der Waals surface area contributed by atoms with Gasteiger partial charge in [0.05, 0.1) is 6.04 Å². The van der Waals surface area contributed by atoms with Crippen molar-refractivity contribution in [3.63, 3.8) is 0 Å². The number of aliphatic imine (C=N–C) groups is 1. The first-order valence-corrected chi connectivity index (χ1v) is 11.8. The zero-order valence-corrected chi connectivity index (χ0v) is 21.1. The smallest absolute Gasteiger partial charge is 0.326 e. The predicted molar refractivity (Wildman–Crippen MR) is 133 cm³/mol. The molecule has 18 heteroatoms. The zero-order valence-electron chi connectivity index (χ0n) is 21.1. The molecule has 0 rings (SSSR count). The Hall–Kier alpha value is -4.48. The van der Waals surface area contributed by atoms with E-state index in [1.54, 1.807) is 0 Å². The normalized spacial score (nSPS) is 13.6. The second kappa shape index (κ2) is 17.9. The molecule has 0 aliphatic heterocycles. The molecular weight excluding hydrogens is 524 g/mol. The lowest BCUT2D eigenvalue weighted by Gasteiger charge is -2.25. The lowest BCUT2D eigenvalue weighted by Crippen LogP contribution is -2.57. The van der Waals surface area contributed by atoms with Gasteiger partial charge in [0.2, 0.25) is 23.6 Å². The molecule has 39 heavy (non-hydrogen) atoms. The number of carboxylic acid groups (broad SMARTS) is 3. The first-order valence-electron chi connectivity index (χ1n) is 11.8. The minimum Gasteiger partial charge on any atom is -0.481 e. The van der Waals surface area contributed by atoms with Crippen molar-refractivity contribution < 1.29 is 48.9 Å². The number of guanidine groups is 1. The van der Waals surface area contributed by atoms with Crippen LogP contribution in [0.25, 0.3) is 0 Å². The molecule has 0 aliphatic carbocycles. The van der Waals surface area contributed by atoms with Gasteiger partial charge < -0.3 is 54.2 Å². The van der Waals surface area contributed by atoms with Crippen molar-refractivity contribution in [2.75, 3.05) is 6.54 Å². The highest BCUT2D eigenvalue weighted by Crippen LogP contribution is 2.06. The Labute approximate surface area is 222 Å². The lowest BCUT2D eigenvalue weighted by molar-refractivity contribution is -0.144. The lowest BCUT2D eigenvalue weighted by atomic mass is 10.1. The maximum absolute atomic E-state index is 13.0. The number of carbonyl (C=O) groups is 7. The van der Waals surface area contributed by atoms with E-state index in [1.165, 1.54) is 0 Å². The third-order valence-corrected chi connectivity index (χ3v) is 5.16. The Morgan fingerprint density at radius 1 is 0.641 bits per heavy atom. The van der Waals surface area contributed by atoms with Crippen molar-refractivity contribution in [1.82, 2.24) is 16.0 Å². The Morgan fingerprint density at radius 3 is 1.56 bits per heavy atom. The molecule has 0 spiro atoms. The summed E-state index contributed by atoms with van der Waals surface area (Å²) in [6.45, 7) is 0.0719. The molecule has 4 amide bonds. The van der Waals surface area contributed by atoms with Gasteiger partial charge in [0.1, 0.15) is 18.1 Å². The third kappa shape index (κ3) is 16.1. The molecule has 0 aromatic rings. The molecule has 0 radical (unpaired) electrons. The molecule has 18 nitrogen and oxygen atoms in total. The van der Waals surface area contributed by atoms with Crippen LogP contribution in [-0.2, 0) is 33.6 Å². The monoisotopic (exact) mass is 560 g/mol. The van der Waals surface area contributed by atoms with E-state index < -0.39 is 91.4 Å². The van der Waals surface area contributed by atoms with Gasteiger partial charge in [0.25, 0.3) is 0 Å². The average molecular weight is 561 g/mol. The topological polar surface area (TPSA) is 333 Å². The van der Waals surface area contributed by atoms with Crippen LogP contribution in [0.1, 0.15) is 51.4 Å². The number of nitrogens with one attached hydrogen (secondary N) is 3. The first kappa shape index (κ1) is 34.5. The summed E-state index contributed by atoms with van der Waals surface area (Å²) in [6.07, 6.45) is -2.28. The van der Waals surface area contributed by atoms with Crippen molar-refractivity contribution >= 4 is 47.5 Å². The maximum atomic E-state index is 13.0. The molecule has 220 valence electrons. The molecule has 0 aromatic carbocycles. The van der Waals surface area contributed by atoms with E-state index >= 15 is 0 Å². The summed E-state index contributed by atoms with van der Waals surface area (Å²) in [5, 5.41) is 33.9.